The molecule has 0 saturated heterocycles. The third-order valence-electron chi connectivity index (χ3n) is 3.27. The lowest BCUT2D eigenvalue weighted by atomic mass is 10.1. The lowest BCUT2D eigenvalue weighted by Gasteiger charge is -2.20. The first-order chi connectivity index (χ1) is 9.15. The largest absolute Gasteiger partial charge is 0.490 e. The maximum Gasteiger partial charge on any atom is 0.257 e. The van der Waals surface area contributed by atoms with Crippen LogP contribution in [0, 0.1) is 0 Å². The van der Waals surface area contributed by atoms with E-state index in [9.17, 15) is 4.79 Å². The van der Waals surface area contributed by atoms with E-state index in [1.807, 2.05) is 19.1 Å². The number of nitrogens with two attached hydrogens (primary N) is 1. The Morgan fingerprint density at radius 2 is 2.32 bits per heavy atom. The van der Waals surface area contributed by atoms with Crippen LogP contribution in [0.1, 0.15) is 23.7 Å². The van der Waals surface area contributed by atoms with Gasteiger partial charge in [0.15, 0.2) is 11.5 Å². The van der Waals surface area contributed by atoms with Crippen LogP contribution in [-0.2, 0) is 0 Å². The average molecular weight is 264 g/mol. The number of benzene rings is 1. The van der Waals surface area contributed by atoms with E-state index in [1.165, 1.54) is 0 Å². The summed E-state index contributed by atoms with van der Waals surface area (Å²) in [5.41, 5.74) is 5.99. The van der Waals surface area contributed by atoms with Crippen LogP contribution in [0.25, 0.3) is 0 Å². The first-order valence-electron chi connectivity index (χ1n) is 6.51. The summed E-state index contributed by atoms with van der Waals surface area (Å²) in [4.78, 5) is 14.0. The van der Waals surface area contributed by atoms with Crippen molar-refractivity contribution in [3.05, 3.63) is 23.8 Å². The molecule has 1 heterocycles. The summed E-state index contributed by atoms with van der Waals surface area (Å²) in [5.74, 6) is 1.12. The number of rotatable bonds is 4. The molecule has 1 aromatic carbocycles. The summed E-state index contributed by atoms with van der Waals surface area (Å²) in [6.07, 6.45) is 0.772. The summed E-state index contributed by atoms with van der Waals surface area (Å²) >= 11 is 0. The second-order valence-corrected chi connectivity index (χ2v) is 4.70. The van der Waals surface area contributed by atoms with E-state index >= 15 is 0 Å². The predicted octanol–water partition coefficient (Wildman–Crippen LogP) is 1.27. The molecule has 0 spiro atoms. The molecular weight excluding hydrogens is 244 g/mol. The molecule has 1 aliphatic rings. The van der Waals surface area contributed by atoms with E-state index in [-0.39, 0.29) is 11.9 Å². The first kappa shape index (κ1) is 13.7. The minimum absolute atomic E-state index is 0.0377. The summed E-state index contributed by atoms with van der Waals surface area (Å²) in [7, 11) is 1.79. The molecule has 1 unspecified atom stereocenters. The molecule has 1 aromatic rings. The molecule has 0 aliphatic carbocycles. The van der Waals surface area contributed by atoms with E-state index in [2.05, 4.69) is 0 Å². The molecule has 0 radical (unpaired) electrons. The number of likely N-dealkylation sites (N-methyl/N-ethyl adjacent to an activating group) is 1. The molecule has 19 heavy (non-hydrogen) atoms. The van der Waals surface area contributed by atoms with Crippen molar-refractivity contribution >= 4 is 5.91 Å². The SMILES string of the molecule is CC1COc2c(OCCCN)cccc2C(=O)N1C. The van der Waals surface area contributed by atoms with Crippen LogP contribution < -0.4 is 15.2 Å². The molecule has 1 atom stereocenters. The number of hydrogen-bond acceptors (Lipinski definition) is 4. The molecule has 5 nitrogen and oxygen atoms in total. The zero-order valence-corrected chi connectivity index (χ0v) is 11.4. The summed E-state index contributed by atoms with van der Waals surface area (Å²) in [6, 6.07) is 5.43. The Balaban J connectivity index is 2.28. The van der Waals surface area contributed by atoms with Crippen molar-refractivity contribution in [3.63, 3.8) is 0 Å². The molecule has 0 fully saturated rings. The maximum atomic E-state index is 12.3. The summed E-state index contributed by atoms with van der Waals surface area (Å²) < 4.78 is 11.4. The van der Waals surface area contributed by atoms with Gasteiger partial charge in [-0.05, 0) is 32.0 Å². The van der Waals surface area contributed by atoms with Crippen LogP contribution in [0.15, 0.2) is 18.2 Å². The van der Waals surface area contributed by atoms with Crippen LogP contribution in [0.4, 0.5) is 0 Å². The van der Waals surface area contributed by atoms with Gasteiger partial charge in [0.1, 0.15) is 6.61 Å². The summed E-state index contributed by atoms with van der Waals surface area (Å²) in [5, 5.41) is 0. The fourth-order valence-electron chi connectivity index (χ4n) is 1.92. The van der Waals surface area contributed by atoms with Gasteiger partial charge in [0.25, 0.3) is 5.91 Å². The van der Waals surface area contributed by atoms with Gasteiger partial charge < -0.3 is 20.1 Å². The van der Waals surface area contributed by atoms with E-state index in [4.69, 9.17) is 15.2 Å². The van der Waals surface area contributed by atoms with Gasteiger partial charge in [0, 0.05) is 7.05 Å². The molecule has 2 rings (SSSR count). The normalized spacial score (nSPS) is 18.6. The van der Waals surface area contributed by atoms with Crippen LogP contribution in [0.5, 0.6) is 11.5 Å². The molecule has 1 amide bonds. The van der Waals surface area contributed by atoms with E-state index in [0.717, 1.165) is 6.42 Å². The van der Waals surface area contributed by atoms with E-state index < -0.39 is 0 Å². The number of nitrogens with zero attached hydrogens (tertiary/aromatic N) is 1. The van der Waals surface area contributed by atoms with Crippen molar-refractivity contribution in [2.24, 2.45) is 5.73 Å². The predicted molar refractivity (Wildman–Crippen MR) is 72.7 cm³/mol. The Morgan fingerprint density at radius 1 is 1.53 bits per heavy atom. The van der Waals surface area contributed by atoms with E-state index in [1.54, 1.807) is 18.0 Å². The van der Waals surface area contributed by atoms with Crippen molar-refractivity contribution in [3.8, 4) is 11.5 Å². The van der Waals surface area contributed by atoms with Crippen molar-refractivity contribution in [1.82, 2.24) is 4.90 Å². The van der Waals surface area contributed by atoms with Crippen LogP contribution in [0.2, 0.25) is 0 Å². The zero-order valence-electron chi connectivity index (χ0n) is 11.4. The number of amides is 1. The Morgan fingerprint density at radius 3 is 3.05 bits per heavy atom. The number of para-hydroxylation sites is 1. The molecule has 1 aliphatic heterocycles. The number of fused-ring (bicyclic) bond motifs is 1. The Labute approximate surface area is 113 Å². The highest BCUT2D eigenvalue weighted by Gasteiger charge is 2.27. The monoisotopic (exact) mass is 264 g/mol. The first-order valence-corrected chi connectivity index (χ1v) is 6.51. The molecule has 2 N–H and O–H groups in total. The van der Waals surface area contributed by atoms with E-state index in [0.29, 0.717) is 36.8 Å². The highest BCUT2D eigenvalue weighted by molar-refractivity contribution is 5.98. The highest BCUT2D eigenvalue weighted by Crippen LogP contribution is 2.34. The van der Waals surface area contributed by atoms with Gasteiger partial charge in [0.2, 0.25) is 0 Å². The third-order valence-corrected chi connectivity index (χ3v) is 3.27. The molecule has 0 aromatic heterocycles. The minimum atomic E-state index is -0.0377. The quantitative estimate of drug-likeness (QED) is 0.832. The lowest BCUT2D eigenvalue weighted by Crippen LogP contribution is -2.36. The van der Waals surface area contributed by atoms with Gasteiger partial charge in [-0.2, -0.15) is 0 Å². The highest BCUT2D eigenvalue weighted by atomic mass is 16.5. The second-order valence-electron chi connectivity index (χ2n) is 4.70. The smallest absolute Gasteiger partial charge is 0.257 e. The van der Waals surface area contributed by atoms with Crippen molar-refractivity contribution < 1.29 is 14.3 Å². The van der Waals surface area contributed by atoms with Crippen LogP contribution in [0.3, 0.4) is 0 Å². The second kappa shape index (κ2) is 5.93. The standard InChI is InChI=1S/C14H20N2O3/c1-10-9-19-13-11(14(17)16(10)2)5-3-6-12(13)18-8-4-7-15/h3,5-6,10H,4,7-9,15H2,1-2H3. The van der Waals surface area contributed by atoms with Gasteiger partial charge in [0.05, 0.1) is 18.2 Å². The molecule has 0 bridgehead atoms. The Hall–Kier alpha value is -1.75. The van der Waals surface area contributed by atoms with Gasteiger partial charge in [-0.15, -0.1) is 0 Å². The van der Waals surface area contributed by atoms with Gasteiger partial charge >= 0.3 is 0 Å². The fourth-order valence-corrected chi connectivity index (χ4v) is 1.92. The van der Waals surface area contributed by atoms with Gasteiger partial charge in [-0.1, -0.05) is 6.07 Å². The topological polar surface area (TPSA) is 64.8 Å². The van der Waals surface area contributed by atoms with Gasteiger partial charge in [-0.3, -0.25) is 4.79 Å². The van der Waals surface area contributed by atoms with Crippen molar-refractivity contribution in [2.75, 3.05) is 26.8 Å². The van der Waals surface area contributed by atoms with Gasteiger partial charge in [-0.25, -0.2) is 0 Å². The zero-order chi connectivity index (χ0) is 13.8. The molecule has 104 valence electrons. The minimum Gasteiger partial charge on any atom is -0.490 e. The number of carbonyl (C=O) groups is 1. The fraction of sp³-hybridized carbons (Fsp3) is 0.500. The van der Waals surface area contributed by atoms with Crippen molar-refractivity contribution in [2.45, 2.75) is 19.4 Å². The maximum absolute atomic E-state index is 12.3. The summed E-state index contributed by atoms with van der Waals surface area (Å²) in [6.45, 7) is 3.52. The average Bonchev–Trinajstić information content (AvgIpc) is 2.53. The lowest BCUT2D eigenvalue weighted by molar-refractivity contribution is 0.0732. The number of hydrogen-bond donors (Lipinski definition) is 1. The Kier molecular flexibility index (Phi) is 4.27. The molecule has 5 heteroatoms. The van der Waals surface area contributed by atoms with Crippen LogP contribution in [-0.4, -0.2) is 43.7 Å². The Bertz CT molecular complexity index is 462. The number of ether oxygens (including phenoxy) is 2. The molecular formula is C14H20N2O3. The van der Waals surface area contributed by atoms with Crippen LogP contribution >= 0.6 is 0 Å². The molecule has 0 saturated carbocycles. The number of carbonyl (C=O) groups excluding carboxylic acids is 1. The van der Waals surface area contributed by atoms with Crippen molar-refractivity contribution in [1.29, 1.82) is 0 Å². The third kappa shape index (κ3) is 2.81.